The molecule has 0 aromatic heterocycles. The smallest absolute Gasteiger partial charge is 0.00204 e. The predicted octanol–water partition coefficient (Wildman–Crippen LogP) is 6.59. The third kappa shape index (κ3) is 6.62. The lowest BCUT2D eigenvalue weighted by Gasteiger charge is -2.10. The van der Waals surface area contributed by atoms with E-state index in [0.29, 0.717) is 0 Å². The van der Waals surface area contributed by atoms with Gasteiger partial charge in [0.05, 0.1) is 0 Å². The topological polar surface area (TPSA) is 0 Å². The van der Waals surface area contributed by atoms with Gasteiger partial charge in [0.15, 0.2) is 0 Å². The number of rotatable bonds is 4. The van der Waals surface area contributed by atoms with Crippen molar-refractivity contribution < 1.29 is 0 Å². The lowest BCUT2D eigenvalue weighted by molar-refractivity contribution is 0.903. The van der Waals surface area contributed by atoms with Crippen molar-refractivity contribution in [2.24, 2.45) is 0 Å². The van der Waals surface area contributed by atoms with Crippen LogP contribution in [0.3, 0.4) is 0 Å². The van der Waals surface area contributed by atoms with Crippen LogP contribution in [0.2, 0.25) is 0 Å². The summed E-state index contributed by atoms with van der Waals surface area (Å²) in [6.45, 7) is 12.4. The zero-order valence-corrected chi connectivity index (χ0v) is 14.7. The first-order chi connectivity index (χ1) is 10.3. The molecule has 0 aliphatic rings. The van der Waals surface area contributed by atoms with E-state index in [4.69, 9.17) is 0 Å². The highest BCUT2D eigenvalue weighted by Crippen LogP contribution is 2.18. The summed E-state index contributed by atoms with van der Waals surface area (Å²) in [5.41, 5.74) is 5.80. The van der Waals surface area contributed by atoms with E-state index >= 15 is 0 Å². The Balaban J connectivity index is 0.000000921. The number of hydrogen-bond donors (Lipinski definition) is 0. The molecule has 21 heavy (non-hydrogen) atoms. The Hall–Kier alpha value is -1.56. The first-order valence-corrected chi connectivity index (χ1v) is 8.42. The van der Waals surface area contributed by atoms with Crippen molar-refractivity contribution in [1.29, 1.82) is 0 Å². The zero-order chi connectivity index (χ0) is 16.1. The molecule has 0 atom stereocenters. The molecule has 0 N–H and O–H groups in total. The molecule has 0 aliphatic carbocycles. The molecule has 0 heterocycles. The molecule has 0 unspecified atom stereocenters. The molecule has 0 aliphatic heterocycles. The number of aryl methyl sites for hydroxylation is 2. The van der Waals surface area contributed by atoms with Crippen molar-refractivity contribution in [3.05, 3.63) is 70.8 Å². The van der Waals surface area contributed by atoms with Crippen molar-refractivity contribution in [2.45, 2.75) is 60.8 Å². The third-order valence-corrected chi connectivity index (χ3v) is 3.28. The van der Waals surface area contributed by atoms with Crippen LogP contribution in [0, 0.1) is 6.92 Å². The summed E-state index contributed by atoms with van der Waals surface area (Å²) in [6.07, 6.45) is 3.45. The standard InChI is InChI=1S/C17H20.2C2H6/c1-3-8-15-10-6-7-12-17(15)13-16-11-5-4-9-14(16)2;2*1-2/h4-7,9-12H,3,8,13H2,1-2H3;2*1-2H3. The largest absolute Gasteiger partial charge is 0.0683 e. The van der Waals surface area contributed by atoms with E-state index in [1.165, 1.54) is 35.1 Å². The van der Waals surface area contributed by atoms with Crippen molar-refractivity contribution in [3.8, 4) is 0 Å². The highest BCUT2D eigenvalue weighted by molar-refractivity contribution is 5.36. The Morgan fingerprint density at radius 1 is 0.667 bits per heavy atom. The van der Waals surface area contributed by atoms with Gasteiger partial charge in [0.1, 0.15) is 0 Å². The maximum Gasteiger partial charge on any atom is -0.00204 e. The van der Waals surface area contributed by atoms with Crippen molar-refractivity contribution >= 4 is 0 Å². The summed E-state index contributed by atoms with van der Waals surface area (Å²) in [4.78, 5) is 0. The molecule has 0 saturated heterocycles. The molecule has 0 spiro atoms. The van der Waals surface area contributed by atoms with E-state index < -0.39 is 0 Å². The van der Waals surface area contributed by atoms with Gasteiger partial charge in [-0.15, -0.1) is 0 Å². The average molecular weight is 284 g/mol. The first kappa shape index (κ1) is 19.4. The maximum absolute atomic E-state index is 2.26. The van der Waals surface area contributed by atoms with E-state index in [1.54, 1.807) is 0 Å². The summed E-state index contributed by atoms with van der Waals surface area (Å²) in [6, 6.07) is 17.5. The van der Waals surface area contributed by atoms with Crippen LogP contribution in [-0.2, 0) is 12.8 Å². The second-order valence-electron chi connectivity index (χ2n) is 4.62. The van der Waals surface area contributed by atoms with Gasteiger partial charge in [-0.05, 0) is 42.0 Å². The van der Waals surface area contributed by atoms with E-state index in [9.17, 15) is 0 Å². The molecule has 2 aromatic rings. The fraction of sp³-hybridized carbons (Fsp3) is 0.429. The summed E-state index contributed by atoms with van der Waals surface area (Å²) in [5.74, 6) is 0. The highest BCUT2D eigenvalue weighted by Gasteiger charge is 2.03. The molecule has 2 rings (SSSR count). The Morgan fingerprint density at radius 3 is 1.67 bits per heavy atom. The maximum atomic E-state index is 2.26. The highest BCUT2D eigenvalue weighted by atomic mass is 14.1. The van der Waals surface area contributed by atoms with Crippen molar-refractivity contribution in [2.75, 3.05) is 0 Å². The van der Waals surface area contributed by atoms with Crippen LogP contribution in [0.25, 0.3) is 0 Å². The van der Waals surface area contributed by atoms with Crippen LogP contribution in [-0.4, -0.2) is 0 Å². The molecule has 0 fully saturated rings. The zero-order valence-electron chi connectivity index (χ0n) is 14.7. The number of hydrogen-bond acceptors (Lipinski definition) is 0. The Kier molecular flexibility index (Phi) is 11.3. The Morgan fingerprint density at radius 2 is 1.14 bits per heavy atom. The third-order valence-electron chi connectivity index (χ3n) is 3.28. The normalized spacial score (nSPS) is 9.05. The molecule has 0 nitrogen and oxygen atoms in total. The summed E-state index contributed by atoms with van der Waals surface area (Å²) in [5, 5.41) is 0. The molecule has 0 radical (unpaired) electrons. The molecule has 0 amide bonds. The second kappa shape index (κ2) is 12.2. The van der Waals surface area contributed by atoms with Gasteiger partial charge in [-0.25, -0.2) is 0 Å². The summed E-state index contributed by atoms with van der Waals surface area (Å²) >= 11 is 0. The van der Waals surface area contributed by atoms with E-state index in [0.717, 1.165) is 6.42 Å². The van der Waals surface area contributed by atoms with E-state index in [-0.39, 0.29) is 0 Å². The van der Waals surface area contributed by atoms with Crippen LogP contribution in [0.15, 0.2) is 48.5 Å². The Labute approximate surface area is 132 Å². The van der Waals surface area contributed by atoms with Crippen molar-refractivity contribution in [1.82, 2.24) is 0 Å². The minimum atomic E-state index is 1.06. The SMILES string of the molecule is CC.CC.CCCc1ccccc1Cc1ccccc1C. The van der Waals surface area contributed by atoms with Gasteiger partial charge in [-0.1, -0.05) is 89.6 Å². The van der Waals surface area contributed by atoms with Crippen LogP contribution in [0.1, 0.15) is 63.3 Å². The minimum Gasteiger partial charge on any atom is -0.0683 e. The van der Waals surface area contributed by atoms with Gasteiger partial charge in [-0.2, -0.15) is 0 Å². The molecule has 116 valence electrons. The van der Waals surface area contributed by atoms with Gasteiger partial charge < -0.3 is 0 Å². The molecular weight excluding hydrogens is 252 g/mol. The Bertz CT molecular complexity index is 483. The van der Waals surface area contributed by atoms with Gasteiger partial charge in [0.2, 0.25) is 0 Å². The fourth-order valence-electron chi connectivity index (χ4n) is 2.26. The molecular formula is C21H32. The second-order valence-corrected chi connectivity index (χ2v) is 4.62. The molecule has 0 bridgehead atoms. The van der Waals surface area contributed by atoms with Crippen LogP contribution in [0.5, 0.6) is 0 Å². The fourth-order valence-corrected chi connectivity index (χ4v) is 2.26. The van der Waals surface area contributed by atoms with Crippen LogP contribution in [0.4, 0.5) is 0 Å². The average Bonchev–Trinajstić information content (AvgIpc) is 2.55. The van der Waals surface area contributed by atoms with Gasteiger partial charge >= 0.3 is 0 Å². The van der Waals surface area contributed by atoms with Crippen LogP contribution < -0.4 is 0 Å². The van der Waals surface area contributed by atoms with Crippen molar-refractivity contribution in [3.63, 3.8) is 0 Å². The van der Waals surface area contributed by atoms with Gasteiger partial charge in [-0.3, -0.25) is 0 Å². The monoisotopic (exact) mass is 284 g/mol. The first-order valence-electron chi connectivity index (χ1n) is 8.42. The lowest BCUT2D eigenvalue weighted by Crippen LogP contribution is -1.96. The van der Waals surface area contributed by atoms with Crippen LogP contribution >= 0.6 is 0 Å². The van der Waals surface area contributed by atoms with Gasteiger partial charge in [0, 0.05) is 0 Å². The van der Waals surface area contributed by atoms with E-state index in [2.05, 4.69) is 62.4 Å². The summed E-state index contributed by atoms with van der Waals surface area (Å²) in [7, 11) is 0. The predicted molar refractivity (Wildman–Crippen MR) is 97.1 cm³/mol. The molecule has 2 aromatic carbocycles. The minimum absolute atomic E-state index is 1.06. The number of benzene rings is 2. The lowest BCUT2D eigenvalue weighted by atomic mass is 9.95. The van der Waals surface area contributed by atoms with E-state index in [1.807, 2.05) is 27.7 Å². The molecule has 0 heteroatoms. The van der Waals surface area contributed by atoms with Gasteiger partial charge in [0.25, 0.3) is 0 Å². The molecule has 0 saturated carbocycles. The quantitative estimate of drug-likeness (QED) is 0.594. The summed E-state index contributed by atoms with van der Waals surface area (Å²) < 4.78 is 0.